The summed E-state index contributed by atoms with van der Waals surface area (Å²) in [5.74, 6) is 2.84. The highest BCUT2D eigenvalue weighted by Crippen LogP contribution is 2.60. The molecule has 0 spiro atoms. The van der Waals surface area contributed by atoms with Crippen LogP contribution in [0, 0.1) is 23.2 Å². The maximum atomic E-state index is 12.8. The molecule has 4 aliphatic carbocycles. The third kappa shape index (κ3) is 2.46. The van der Waals surface area contributed by atoms with Crippen molar-refractivity contribution in [1.29, 1.82) is 0 Å². The molecule has 0 atom stereocenters. The van der Waals surface area contributed by atoms with Crippen molar-refractivity contribution in [3.05, 3.63) is 40.9 Å². The van der Waals surface area contributed by atoms with Crippen LogP contribution in [0.5, 0.6) is 0 Å². The largest absolute Gasteiger partial charge is 0.294 e. The quantitative estimate of drug-likeness (QED) is 0.707. The van der Waals surface area contributed by atoms with Gasteiger partial charge in [0, 0.05) is 10.4 Å². The number of ketones is 1. The Morgan fingerprint density at radius 3 is 2.05 bits per heavy atom. The number of hydrogen-bond acceptors (Lipinski definition) is 1. The Morgan fingerprint density at radius 2 is 1.52 bits per heavy atom. The van der Waals surface area contributed by atoms with E-state index < -0.39 is 0 Å². The van der Waals surface area contributed by atoms with Crippen molar-refractivity contribution in [1.82, 2.24) is 0 Å². The Kier molecular flexibility index (Phi) is 3.22. The lowest BCUT2D eigenvalue weighted by molar-refractivity contribution is -0.138. The number of benzene rings is 1. The Bertz CT molecular complexity index is 549. The second-order valence-corrected chi connectivity index (χ2v) is 7.88. The van der Waals surface area contributed by atoms with Gasteiger partial charge in [0.05, 0.1) is 0 Å². The fourth-order valence-corrected chi connectivity index (χ4v) is 5.46. The van der Waals surface area contributed by atoms with Gasteiger partial charge in [-0.15, -0.1) is 0 Å². The molecule has 0 radical (unpaired) electrons. The fraction of sp³-hybridized carbons (Fsp3) is 0.526. The molecule has 1 aromatic carbocycles. The first-order valence-electron chi connectivity index (χ1n) is 8.11. The molecule has 1 nitrogen and oxygen atoms in total. The van der Waals surface area contributed by atoms with Crippen molar-refractivity contribution in [2.24, 2.45) is 23.2 Å². The number of hydrogen-bond donors (Lipinski definition) is 0. The van der Waals surface area contributed by atoms with Crippen LogP contribution in [0.4, 0.5) is 0 Å². The van der Waals surface area contributed by atoms with E-state index in [2.05, 4.69) is 0 Å². The summed E-state index contributed by atoms with van der Waals surface area (Å²) in [6.07, 6.45) is 11.4. The van der Waals surface area contributed by atoms with Gasteiger partial charge in [-0.1, -0.05) is 29.8 Å². The predicted molar refractivity (Wildman–Crippen MR) is 86.1 cm³/mol. The van der Waals surface area contributed by atoms with Gasteiger partial charge in [0.25, 0.3) is 0 Å². The van der Waals surface area contributed by atoms with Crippen molar-refractivity contribution in [2.75, 3.05) is 0 Å². The third-order valence-electron chi connectivity index (χ3n) is 5.86. The number of halogens is 1. The van der Waals surface area contributed by atoms with Crippen LogP contribution in [0.1, 0.15) is 44.1 Å². The van der Waals surface area contributed by atoms with Gasteiger partial charge >= 0.3 is 0 Å². The van der Waals surface area contributed by atoms with Crippen LogP contribution in [-0.2, 0) is 4.79 Å². The number of allylic oxidation sites excluding steroid dienone is 1. The third-order valence-corrected chi connectivity index (χ3v) is 6.11. The van der Waals surface area contributed by atoms with E-state index in [9.17, 15) is 4.79 Å². The Balaban J connectivity index is 1.53. The molecule has 1 aromatic rings. The molecule has 4 aliphatic rings. The molecule has 110 valence electrons. The maximum absolute atomic E-state index is 12.8. The number of carbonyl (C=O) groups excluding carboxylic acids is 1. The molecule has 2 heteroatoms. The summed E-state index contributed by atoms with van der Waals surface area (Å²) in [4.78, 5) is 12.8. The van der Waals surface area contributed by atoms with Gasteiger partial charge in [0.1, 0.15) is 0 Å². The van der Waals surface area contributed by atoms with Crippen LogP contribution < -0.4 is 0 Å². The van der Waals surface area contributed by atoms with E-state index in [-0.39, 0.29) is 5.41 Å². The van der Waals surface area contributed by atoms with Gasteiger partial charge in [-0.2, -0.15) is 0 Å². The summed E-state index contributed by atoms with van der Waals surface area (Å²) in [5.41, 5.74) is 1.04. The normalized spacial score (nSPS) is 37.3. The van der Waals surface area contributed by atoms with Crippen LogP contribution in [0.3, 0.4) is 0 Å². The summed E-state index contributed by atoms with van der Waals surface area (Å²) in [5, 5.41) is 0.736. The summed E-state index contributed by atoms with van der Waals surface area (Å²) < 4.78 is 0. The average molecular weight is 301 g/mol. The average Bonchev–Trinajstić information content (AvgIpc) is 2.45. The van der Waals surface area contributed by atoms with Gasteiger partial charge in [0.2, 0.25) is 0 Å². The molecular formula is C19H21ClO. The maximum Gasteiger partial charge on any atom is 0.161 e. The first-order valence-corrected chi connectivity index (χ1v) is 8.49. The molecule has 4 saturated carbocycles. The predicted octanol–water partition coefficient (Wildman–Crippen LogP) is 5.14. The van der Waals surface area contributed by atoms with Gasteiger partial charge in [0.15, 0.2) is 5.78 Å². The van der Waals surface area contributed by atoms with Crippen molar-refractivity contribution in [3.63, 3.8) is 0 Å². The van der Waals surface area contributed by atoms with Gasteiger partial charge in [-0.3, -0.25) is 4.79 Å². The van der Waals surface area contributed by atoms with E-state index in [1.807, 2.05) is 36.4 Å². The van der Waals surface area contributed by atoms with E-state index in [1.165, 1.54) is 19.3 Å². The molecule has 0 amide bonds. The molecule has 4 bridgehead atoms. The zero-order chi connectivity index (χ0) is 14.4. The molecule has 0 aromatic heterocycles. The summed E-state index contributed by atoms with van der Waals surface area (Å²) in [6.45, 7) is 0. The molecule has 21 heavy (non-hydrogen) atoms. The van der Waals surface area contributed by atoms with E-state index in [4.69, 9.17) is 11.6 Å². The highest BCUT2D eigenvalue weighted by Gasteiger charge is 2.53. The fourth-order valence-electron chi connectivity index (χ4n) is 5.34. The summed E-state index contributed by atoms with van der Waals surface area (Å²) in [6, 6.07) is 7.67. The lowest BCUT2D eigenvalue weighted by Gasteiger charge is -2.55. The molecular weight excluding hydrogens is 280 g/mol. The summed E-state index contributed by atoms with van der Waals surface area (Å²) in [7, 11) is 0. The topological polar surface area (TPSA) is 17.1 Å². The molecule has 0 aliphatic heterocycles. The minimum Gasteiger partial charge on any atom is -0.294 e. The van der Waals surface area contributed by atoms with E-state index in [1.54, 1.807) is 0 Å². The van der Waals surface area contributed by atoms with Crippen LogP contribution in [0.15, 0.2) is 30.3 Å². The van der Waals surface area contributed by atoms with Crippen molar-refractivity contribution in [2.45, 2.75) is 38.5 Å². The van der Waals surface area contributed by atoms with Gasteiger partial charge in [-0.25, -0.2) is 0 Å². The summed E-state index contributed by atoms with van der Waals surface area (Å²) >= 11 is 5.89. The van der Waals surface area contributed by atoms with Crippen molar-refractivity contribution < 1.29 is 4.79 Å². The van der Waals surface area contributed by atoms with E-state index in [0.29, 0.717) is 5.78 Å². The first-order chi connectivity index (χ1) is 10.1. The Hall–Kier alpha value is -1.08. The standard InChI is InChI=1S/C19H21ClO/c20-17-4-1-13(2-5-17)3-6-18(21)19-10-14-7-15(11-19)9-16(8-14)12-19/h1-6,14-16H,7-12H2/b6-3+. The second-order valence-electron chi connectivity index (χ2n) is 7.45. The minimum atomic E-state index is -0.0162. The van der Waals surface area contributed by atoms with Crippen LogP contribution >= 0.6 is 11.6 Å². The smallest absolute Gasteiger partial charge is 0.161 e. The Labute approximate surface area is 131 Å². The zero-order valence-electron chi connectivity index (χ0n) is 12.2. The van der Waals surface area contributed by atoms with Gasteiger partial charge in [-0.05, 0) is 80.1 Å². The molecule has 0 unspecified atom stereocenters. The highest BCUT2D eigenvalue weighted by molar-refractivity contribution is 6.30. The first kappa shape index (κ1) is 13.6. The SMILES string of the molecule is O=C(/C=C/c1ccc(Cl)cc1)C12CC3CC(CC(C3)C1)C2. The minimum absolute atomic E-state index is 0.0162. The molecule has 4 fully saturated rings. The molecule has 0 heterocycles. The van der Waals surface area contributed by atoms with Crippen LogP contribution in [0.25, 0.3) is 6.08 Å². The van der Waals surface area contributed by atoms with Crippen molar-refractivity contribution >= 4 is 23.5 Å². The van der Waals surface area contributed by atoms with Crippen LogP contribution in [0.2, 0.25) is 5.02 Å². The Morgan fingerprint density at radius 1 is 1.00 bits per heavy atom. The highest BCUT2D eigenvalue weighted by atomic mass is 35.5. The number of carbonyl (C=O) groups is 1. The molecule has 0 N–H and O–H groups in total. The van der Waals surface area contributed by atoms with Crippen LogP contribution in [-0.4, -0.2) is 5.78 Å². The molecule has 0 saturated heterocycles. The van der Waals surface area contributed by atoms with Crippen molar-refractivity contribution in [3.8, 4) is 0 Å². The second kappa shape index (κ2) is 4.98. The zero-order valence-corrected chi connectivity index (χ0v) is 13.0. The van der Waals surface area contributed by atoms with Gasteiger partial charge < -0.3 is 0 Å². The molecule has 5 rings (SSSR count). The monoisotopic (exact) mass is 300 g/mol. The number of rotatable bonds is 3. The van der Waals surface area contributed by atoms with E-state index >= 15 is 0 Å². The lowest BCUT2D eigenvalue weighted by atomic mass is 9.48. The lowest BCUT2D eigenvalue weighted by Crippen LogP contribution is -2.49. The van der Waals surface area contributed by atoms with E-state index in [0.717, 1.165) is 47.6 Å².